The van der Waals surface area contributed by atoms with Gasteiger partial charge in [-0.3, -0.25) is 7.86 Å². The SMILES string of the molecule is CNc1ccc2c(c1)N[C@@H](I=O)CCCC[C@H](NC(=O)/C=C/c1cc(Cl)ccc1N=CNN)c1nc(C#N)c-2[nH]1. The van der Waals surface area contributed by atoms with Gasteiger partial charge < -0.3 is 26.4 Å². The fourth-order valence-corrected chi connectivity index (χ4v) is 5.73. The van der Waals surface area contributed by atoms with Gasteiger partial charge in [0.15, 0.2) is 26.9 Å². The predicted molar refractivity (Wildman–Crippen MR) is 166 cm³/mol. The summed E-state index contributed by atoms with van der Waals surface area (Å²) in [4.78, 5) is 25.1. The summed E-state index contributed by atoms with van der Waals surface area (Å²) >= 11 is 4.82. The molecule has 0 unspecified atom stereocenters. The number of nitrogens with one attached hydrogen (secondary N) is 5. The highest BCUT2D eigenvalue weighted by Crippen LogP contribution is 2.35. The first kappa shape index (κ1) is 29.2. The number of amides is 1. The molecule has 1 aliphatic heterocycles. The summed E-state index contributed by atoms with van der Waals surface area (Å²) in [6.45, 7) is 0. The lowest BCUT2D eigenvalue weighted by Gasteiger charge is -2.20. The van der Waals surface area contributed by atoms with Crippen molar-refractivity contribution in [3.05, 3.63) is 64.6 Å². The molecule has 2 aromatic carbocycles. The molecule has 1 amide bonds. The zero-order valence-corrected chi connectivity index (χ0v) is 24.6. The third kappa shape index (κ3) is 7.23. The Balaban J connectivity index is 1.66. The number of hydrogen-bond acceptors (Lipinski definition) is 8. The first-order valence-corrected chi connectivity index (χ1v) is 15.1. The van der Waals surface area contributed by atoms with Crippen LogP contribution in [0.2, 0.25) is 5.02 Å². The summed E-state index contributed by atoms with van der Waals surface area (Å²) in [5, 5.41) is 20.0. The molecule has 13 heteroatoms. The maximum Gasteiger partial charge on any atom is 0.244 e. The number of benzene rings is 2. The molecule has 40 heavy (non-hydrogen) atoms. The highest BCUT2D eigenvalue weighted by atomic mass is 127. The van der Waals surface area contributed by atoms with Crippen molar-refractivity contribution in [3.63, 3.8) is 0 Å². The number of halogens is 2. The maximum atomic E-state index is 13.0. The molecule has 208 valence electrons. The van der Waals surface area contributed by atoms with E-state index < -0.39 is 27.2 Å². The average Bonchev–Trinajstić information content (AvgIpc) is 3.40. The maximum absolute atomic E-state index is 13.0. The van der Waals surface area contributed by atoms with E-state index in [0.29, 0.717) is 34.2 Å². The third-order valence-electron chi connectivity index (χ3n) is 6.35. The number of anilines is 2. The highest BCUT2D eigenvalue weighted by Gasteiger charge is 2.24. The number of imidazole rings is 1. The number of rotatable bonds is 7. The van der Waals surface area contributed by atoms with E-state index in [2.05, 4.69) is 42.4 Å². The fraction of sp³-hybridized carbons (Fsp3) is 0.259. The van der Waals surface area contributed by atoms with Crippen molar-refractivity contribution in [2.75, 3.05) is 17.7 Å². The Kier molecular flexibility index (Phi) is 10.2. The van der Waals surface area contributed by atoms with Crippen LogP contribution in [0.25, 0.3) is 17.3 Å². The minimum absolute atomic E-state index is 0.169. The second-order valence-corrected chi connectivity index (χ2v) is 11.4. The number of hydrazine groups is 1. The van der Waals surface area contributed by atoms with Crippen LogP contribution in [0.3, 0.4) is 0 Å². The molecule has 0 aliphatic carbocycles. The topological polar surface area (TPSA) is 173 Å². The molecule has 7 N–H and O–H groups in total. The van der Waals surface area contributed by atoms with Crippen LogP contribution in [0, 0.1) is 11.3 Å². The molecule has 1 aliphatic rings. The minimum atomic E-state index is -1.33. The standard InChI is InChI=1S/C27H29ClIN9O2/c1-32-18-8-9-19-22(13-18)35-24(29-40)5-3-2-4-21(27-37-23(14-30)26(19)38-27)36-25(39)11-6-16-12-17(28)7-10-20(16)33-15-34-31/h6-13,15,21,24,32,35H,2-5,31H2,1H3,(H,33,34)(H,36,39)(H,37,38)/b11-6+/t21-,24+/m0/s1. The number of aromatic nitrogens is 2. The van der Waals surface area contributed by atoms with Crippen LogP contribution in [0.1, 0.15) is 48.8 Å². The number of nitrogens with zero attached hydrogens (tertiary/aromatic N) is 3. The van der Waals surface area contributed by atoms with Crippen molar-refractivity contribution in [2.45, 2.75) is 35.8 Å². The van der Waals surface area contributed by atoms with Crippen LogP contribution in [0.15, 0.2) is 47.5 Å². The summed E-state index contributed by atoms with van der Waals surface area (Å²) in [5.41, 5.74) is 6.69. The average molecular weight is 674 g/mol. The number of nitrogens with two attached hydrogens (primary N) is 1. The number of aliphatic imine (C=N–C) groups is 1. The molecule has 0 radical (unpaired) electrons. The molecule has 4 rings (SSSR count). The van der Waals surface area contributed by atoms with E-state index in [9.17, 15) is 13.1 Å². The van der Waals surface area contributed by atoms with Crippen molar-refractivity contribution in [1.82, 2.24) is 20.7 Å². The third-order valence-corrected chi connectivity index (χ3v) is 8.14. The Labute approximate surface area is 247 Å². The van der Waals surface area contributed by atoms with Crippen LogP contribution >= 0.6 is 32.8 Å². The van der Waals surface area contributed by atoms with Gasteiger partial charge in [-0.1, -0.05) is 24.4 Å². The van der Waals surface area contributed by atoms with Gasteiger partial charge in [-0.2, -0.15) is 5.26 Å². The Morgan fingerprint density at radius 1 is 1.27 bits per heavy atom. The summed E-state index contributed by atoms with van der Waals surface area (Å²) < 4.78 is 11.9. The first-order valence-electron chi connectivity index (χ1n) is 12.6. The van der Waals surface area contributed by atoms with Gasteiger partial charge in [0.1, 0.15) is 22.3 Å². The van der Waals surface area contributed by atoms with Crippen molar-refractivity contribution in [1.29, 1.82) is 5.26 Å². The Morgan fingerprint density at radius 2 is 2.10 bits per heavy atom. The lowest BCUT2D eigenvalue weighted by atomic mass is 10.0. The number of hydrogen-bond donors (Lipinski definition) is 6. The van der Waals surface area contributed by atoms with E-state index in [1.807, 2.05) is 25.2 Å². The van der Waals surface area contributed by atoms with E-state index in [1.165, 1.54) is 12.4 Å². The quantitative estimate of drug-likeness (QED) is 0.0288. The van der Waals surface area contributed by atoms with Gasteiger partial charge in [-0.25, -0.2) is 15.8 Å². The normalized spacial score (nSPS) is 17.2. The number of aromatic amines is 1. The molecule has 1 aromatic heterocycles. The molecule has 0 saturated carbocycles. The number of H-pyrrole nitrogens is 1. The number of alkyl halides is 1. The number of carbonyl (C=O) groups is 1. The van der Waals surface area contributed by atoms with Gasteiger partial charge in [0.25, 0.3) is 0 Å². The lowest BCUT2D eigenvalue weighted by Crippen LogP contribution is -2.28. The smallest absolute Gasteiger partial charge is 0.244 e. The Morgan fingerprint density at radius 3 is 2.85 bits per heavy atom. The van der Waals surface area contributed by atoms with Crippen molar-refractivity contribution >= 4 is 68.2 Å². The van der Waals surface area contributed by atoms with Gasteiger partial charge in [-0.05, 0) is 55.3 Å². The van der Waals surface area contributed by atoms with Crippen molar-refractivity contribution < 1.29 is 7.86 Å². The molecule has 3 aromatic rings. The summed E-state index contributed by atoms with van der Waals surface area (Å²) in [6.07, 6.45) is 7.24. The van der Waals surface area contributed by atoms with Crippen LogP contribution < -0.4 is 27.2 Å². The lowest BCUT2D eigenvalue weighted by molar-refractivity contribution is -0.117. The van der Waals surface area contributed by atoms with Crippen LogP contribution in [0.4, 0.5) is 17.1 Å². The fourth-order valence-electron chi connectivity index (χ4n) is 4.40. The van der Waals surface area contributed by atoms with Crippen molar-refractivity contribution in [3.8, 4) is 17.3 Å². The second-order valence-electron chi connectivity index (χ2n) is 8.98. The van der Waals surface area contributed by atoms with E-state index >= 15 is 0 Å². The van der Waals surface area contributed by atoms with E-state index in [4.69, 9.17) is 17.4 Å². The molecule has 0 saturated heterocycles. The molecule has 2 atom stereocenters. The summed E-state index contributed by atoms with van der Waals surface area (Å²) in [5.74, 6) is 5.43. The summed E-state index contributed by atoms with van der Waals surface area (Å²) in [6, 6.07) is 12.5. The van der Waals surface area contributed by atoms with Crippen LogP contribution in [-0.4, -0.2) is 33.3 Å². The van der Waals surface area contributed by atoms with Gasteiger partial charge in [0, 0.05) is 40.6 Å². The van der Waals surface area contributed by atoms with Crippen molar-refractivity contribution in [2.24, 2.45) is 10.8 Å². The molecular weight excluding hydrogens is 645 g/mol. The predicted octanol–water partition coefficient (Wildman–Crippen LogP) is 5.27. The van der Waals surface area contributed by atoms with Gasteiger partial charge >= 0.3 is 0 Å². The van der Waals surface area contributed by atoms with Gasteiger partial charge in [-0.15, -0.1) is 0 Å². The second kappa shape index (κ2) is 14.0. The van der Waals surface area contributed by atoms with E-state index in [1.54, 1.807) is 24.3 Å². The first-order chi connectivity index (χ1) is 19.4. The zero-order valence-electron chi connectivity index (χ0n) is 21.7. The van der Waals surface area contributed by atoms with Gasteiger partial charge in [0.2, 0.25) is 5.91 Å². The zero-order chi connectivity index (χ0) is 28.5. The molecular formula is C27H29ClIN9O2. The molecule has 0 spiro atoms. The Bertz CT molecular complexity index is 1480. The monoisotopic (exact) mass is 673 g/mol. The minimum Gasteiger partial charge on any atom is -0.388 e. The van der Waals surface area contributed by atoms with Gasteiger partial charge in [0.05, 0.1) is 17.4 Å². The molecule has 0 fully saturated rings. The van der Waals surface area contributed by atoms with Crippen LogP contribution in [-0.2, 0) is 7.86 Å². The molecule has 2 bridgehead atoms. The number of carbonyl (C=O) groups excluding carboxylic acids is 1. The largest absolute Gasteiger partial charge is 0.388 e. The number of fused-ring (bicyclic) bond motifs is 4. The Hall–Kier alpha value is -3.80. The summed E-state index contributed by atoms with van der Waals surface area (Å²) in [7, 11) is 1.82. The van der Waals surface area contributed by atoms with E-state index in [-0.39, 0.29) is 15.6 Å². The highest BCUT2D eigenvalue weighted by molar-refractivity contribution is 14.1. The molecule has 2 heterocycles. The van der Waals surface area contributed by atoms with Crippen LogP contribution in [0.5, 0.6) is 0 Å². The van der Waals surface area contributed by atoms with E-state index in [0.717, 1.165) is 36.2 Å². The molecule has 11 nitrogen and oxygen atoms in total. The number of nitriles is 1.